The Hall–Kier alpha value is -2.82. The lowest BCUT2D eigenvalue weighted by Gasteiger charge is -2.29. The van der Waals surface area contributed by atoms with Crippen LogP contribution in [-0.4, -0.2) is 20.8 Å². The molecule has 0 saturated heterocycles. The molecular weight excluding hydrogens is 324 g/mol. The number of hydrogen-bond donors (Lipinski definition) is 2. The summed E-state index contributed by atoms with van der Waals surface area (Å²) in [6.07, 6.45) is 9.97. The minimum absolute atomic E-state index is 0.0668. The molecule has 2 heterocycles. The number of pyridine rings is 1. The van der Waals surface area contributed by atoms with E-state index in [1.54, 1.807) is 10.9 Å². The number of aryl methyl sites for hydroxylation is 1. The monoisotopic (exact) mass is 348 g/mol. The Balaban J connectivity index is 1.44. The summed E-state index contributed by atoms with van der Waals surface area (Å²) in [6.45, 7) is 0. The first kappa shape index (κ1) is 16.6. The summed E-state index contributed by atoms with van der Waals surface area (Å²) in [6, 6.07) is 13.0. The van der Waals surface area contributed by atoms with Crippen molar-refractivity contribution >= 4 is 5.69 Å². The first-order valence-corrected chi connectivity index (χ1v) is 9.22. The van der Waals surface area contributed by atoms with Crippen LogP contribution in [0.5, 0.6) is 0 Å². The highest BCUT2D eigenvalue weighted by molar-refractivity contribution is 5.65. The number of benzene rings is 1. The van der Waals surface area contributed by atoms with Crippen molar-refractivity contribution in [1.82, 2.24) is 14.8 Å². The number of H-pyrrole nitrogens is 1. The summed E-state index contributed by atoms with van der Waals surface area (Å²) in [4.78, 5) is 15.1. The van der Waals surface area contributed by atoms with Crippen LogP contribution in [0.2, 0.25) is 0 Å². The number of nitrogens with one attached hydrogen (secondary N) is 2. The van der Waals surface area contributed by atoms with Gasteiger partial charge in [-0.3, -0.25) is 9.48 Å². The fourth-order valence-electron chi connectivity index (χ4n) is 3.84. The van der Waals surface area contributed by atoms with Crippen LogP contribution in [0.25, 0.3) is 11.1 Å². The minimum atomic E-state index is -0.0668. The Kier molecular flexibility index (Phi) is 4.61. The highest BCUT2D eigenvalue weighted by Gasteiger charge is 2.22. The zero-order valence-electron chi connectivity index (χ0n) is 15.0. The molecule has 0 atom stereocenters. The van der Waals surface area contributed by atoms with E-state index < -0.39 is 0 Å². The smallest absolute Gasteiger partial charge is 0.271 e. The Morgan fingerprint density at radius 2 is 1.88 bits per heavy atom. The average molecular weight is 348 g/mol. The Morgan fingerprint density at radius 1 is 1.12 bits per heavy atom. The molecule has 0 unspecified atom stereocenters. The van der Waals surface area contributed by atoms with E-state index in [-0.39, 0.29) is 5.56 Å². The lowest BCUT2D eigenvalue weighted by atomic mass is 9.82. The highest BCUT2D eigenvalue weighted by atomic mass is 16.1. The normalized spacial score (nSPS) is 20.0. The van der Waals surface area contributed by atoms with Crippen LogP contribution in [0.1, 0.15) is 37.2 Å². The summed E-state index contributed by atoms with van der Waals surface area (Å²) >= 11 is 0. The molecule has 0 aliphatic heterocycles. The van der Waals surface area contributed by atoms with Crippen molar-refractivity contribution in [2.24, 2.45) is 7.05 Å². The van der Waals surface area contributed by atoms with E-state index in [1.807, 2.05) is 25.5 Å². The molecule has 5 nitrogen and oxygen atoms in total. The highest BCUT2D eigenvalue weighted by Crippen LogP contribution is 2.33. The standard InChI is InChI=1S/C21H24N4O/c1-25-14-18(13-23-25)17-11-20(21(26)22-12-17)24-19-9-7-16(8-10-19)15-5-3-2-4-6-15/h2-6,11-14,16,19,24H,7-10H2,1H3,(H,22,26)/t16-,19-. The Morgan fingerprint density at radius 3 is 2.58 bits per heavy atom. The predicted octanol–water partition coefficient (Wildman–Crippen LogP) is 3.91. The third kappa shape index (κ3) is 3.57. The van der Waals surface area contributed by atoms with E-state index in [0.29, 0.717) is 17.6 Å². The van der Waals surface area contributed by atoms with Crippen LogP contribution < -0.4 is 10.9 Å². The molecule has 5 heteroatoms. The van der Waals surface area contributed by atoms with Crippen molar-refractivity contribution in [3.8, 4) is 11.1 Å². The maximum absolute atomic E-state index is 12.2. The second-order valence-electron chi connectivity index (χ2n) is 7.14. The molecule has 0 amide bonds. The van der Waals surface area contributed by atoms with Gasteiger partial charge in [-0.2, -0.15) is 5.10 Å². The summed E-state index contributed by atoms with van der Waals surface area (Å²) in [7, 11) is 1.89. The van der Waals surface area contributed by atoms with Crippen molar-refractivity contribution in [2.75, 3.05) is 5.32 Å². The van der Waals surface area contributed by atoms with Crippen LogP contribution in [0.3, 0.4) is 0 Å². The fourth-order valence-corrected chi connectivity index (χ4v) is 3.84. The van der Waals surface area contributed by atoms with Crippen molar-refractivity contribution in [3.63, 3.8) is 0 Å². The molecule has 1 aromatic carbocycles. The van der Waals surface area contributed by atoms with Gasteiger partial charge in [-0.25, -0.2) is 0 Å². The number of aromatic nitrogens is 3. The van der Waals surface area contributed by atoms with Gasteiger partial charge >= 0.3 is 0 Å². The molecule has 0 radical (unpaired) electrons. The molecule has 1 aliphatic carbocycles. The van der Waals surface area contributed by atoms with E-state index in [1.165, 1.54) is 5.56 Å². The number of hydrogen-bond acceptors (Lipinski definition) is 3. The number of aromatic amines is 1. The minimum Gasteiger partial charge on any atom is -0.378 e. The van der Waals surface area contributed by atoms with Crippen LogP contribution >= 0.6 is 0 Å². The predicted molar refractivity (Wildman–Crippen MR) is 104 cm³/mol. The Bertz CT molecular complexity index is 920. The molecule has 0 spiro atoms. The molecule has 1 fully saturated rings. The molecule has 1 aliphatic rings. The van der Waals surface area contributed by atoms with Gasteiger partial charge in [-0.15, -0.1) is 0 Å². The largest absolute Gasteiger partial charge is 0.378 e. The van der Waals surface area contributed by atoms with Gasteiger partial charge in [-0.1, -0.05) is 30.3 Å². The maximum Gasteiger partial charge on any atom is 0.271 e. The molecule has 2 aromatic heterocycles. The molecule has 2 N–H and O–H groups in total. The van der Waals surface area contributed by atoms with E-state index in [2.05, 4.69) is 45.7 Å². The van der Waals surface area contributed by atoms with Gasteiger partial charge in [0.2, 0.25) is 0 Å². The van der Waals surface area contributed by atoms with Crippen LogP contribution in [-0.2, 0) is 7.05 Å². The first-order chi connectivity index (χ1) is 12.7. The lowest BCUT2D eigenvalue weighted by molar-refractivity contribution is 0.412. The topological polar surface area (TPSA) is 62.7 Å². The van der Waals surface area contributed by atoms with E-state index in [4.69, 9.17) is 0 Å². The average Bonchev–Trinajstić information content (AvgIpc) is 3.11. The first-order valence-electron chi connectivity index (χ1n) is 9.22. The van der Waals surface area contributed by atoms with Gasteiger partial charge in [0.1, 0.15) is 5.69 Å². The second kappa shape index (κ2) is 7.20. The van der Waals surface area contributed by atoms with E-state index in [0.717, 1.165) is 36.8 Å². The second-order valence-corrected chi connectivity index (χ2v) is 7.14. The van der Waals surface area contributed by atoms with Crippen molar-refractivity contribution in [2.45, 2.75) is 37.6 Å². The van der Waals surface area contributed by atoms with Gasteiger partial charge < -0.3 is 10.3 Å². The van der Waals surface area contributed by atoms with Crippen LogP contribution in [0.4, 0.5) is 5.69 Å². The third-order valence-corrected chi connectivity index (χ3v) is 5.30. The SMILES string of the molecule is Cn1cc(-c2c[nH]c(=O)c(N[C@H]3CC[C@H](c4ccccc4)CC3)c2)cn1. The van der Waals surface area contributed by atoms with Gasteiger partial charge in [-0.05, 0) is 43.2 Å². The van der Waals surface area contributed by atoms with Gasteiger partial charge in [0.15, 0.2) is 0 Å². The summed E-state index contributed by atoms with van der Waals surface area (Å²) in [5.41, 5.74) is 3.98. The number of anilines is 1. The number of nitrogens with zero attached hydrogens (tertiary/aromatic N) is 2. The zero-order chi connectivity index (χ0) is 17.9. The van der Waals surface area contributed by atoms with E-state index >= 15 is 0 Å². The third-order valence-electron chi connectivity index (χ3n) is 5.30. The molecule has 26 heavy (non-hydrogen) atoms. The summed E-state index contributed by atoms with van der Waals surface area (Å²) < 4.78 is 1.76. The van der Waals surface area contributed by atoms with Gasteiger partial charge in [0.25, 0.3) is 5.56 Å². The number of rotatable bonds is 4. The lowest BCUT2D eigenvalue weighted by Crippen LogP contribution is -2.28. The Labute approximate surface area is 153 Å². The van der Waals surface area contributed by atoms with Crippen LogP contribution in [0, 0.1) is 0 Å². The van der Waals surface area contributed by atoms with Gasteiger partial charge in [0.05, 0.1) is 6.20 Å². The van der Waals surface area contributed by atoms with Gasteiger partial charge in [0, 0.05) is 36.6 Å². The quantitative estimate of drug-likeness (QED) is 0.751. The van der Waals surface area contributed by atoms with E-state index in [9.17, 15) is 4.79 Å². The fraction of sp³-hybridized carbons (Fsp3) is 0.333. The molecule has 0 bridgehead atoms. The molecular formula is C21H24N4O. The van der Waals surface area contributed by atoms with Crippen molar-refractivity contribution in [3.05, 3.63) is 70.9 Å². The molecule has 1 saturated carbocycles. The molecule has 4 rings (SSSR count). The summed E-state index contributed by atoms with van der Waals surface area (Å²) in [5, 5.41) is 7.67. The molecule has 134 valence electrons. The van der Waals surface area contributed by atoms with Crippen molar-refractivity contribution in [1.29, 1.82) is 0 Å². The summed E-state index contributed by atoms with van der Waals surface area (Å²) in [5.74, 6) is 0.634. The maximum atomic E-state index is 12.2. The van der Waals surface area contributed by atoms with Crippen molar-refractivity contribution < 1.29 is 0 Å². The molecule has 3 aromatic rings. The van der Waals surface area contributed by atoms with Crippen LogP contribution in [0.15, 0.2) is 59.8 Å². The zero-order valence-corrected chi connectivity index (χ0v) is 15.0.